The van der Waals surface area contributed by atoms with Crippen LogP contribution in [0.2, 0.25) is 0 Å². The number of hydrogen-bond donors (Lipinski definition) is 2. The summed E-state index contributed by atoms with van der Waals surface area (Å²) in [6.45, 7) is 5.48. The van der Waals surface area contributed by atoms with Crippen molar-refractivity contribution in [3.8, 4) is 5.75 Å². The molecule has 0 aliphatic heterocycles. The quantitative estimate of drug-likeness (QED) is 0.380. The maximum atomic E-state index is 13.7. The van der Waals surface area contributed by atoms with Crippen LogP contribution in [0.4, 0.5) is 4.39 Å². The molecule has 1 atom stereocenters. The summed E-state index contributed by atoms with van der Waals surface area (Å²) in [7, 11) is 1.52. The molecule has 3 aromatic rings. The first-order valence-electron chi connectivity index (χ1n) is 11.9. The molecule has 3 amide bonds. The second-order valence-electron chi connectivity index (χ2n) is 9.21. The first kappa shape index (κ1) is 27.9. The van der Waals surface area contributed by atoms with Gasteiger partial charge in [0, 0.05) is 12.1 Å². The molecule has 0 spiro atoms. The highest BCUT2D eigenvalue weighted by atomic mass is 32.1. The number of benzene rings is 2. The van der Waals surface area contributed by atoms with Gasteiger partial charge in [-0.3, -0.25) is 14.4 Å². The van der Waals surface area contributed by atoms with Crippen molar-refractivity contribution < 1.29 is 23.5 Å². The van der Waals surface area contributed by atoms with Gasteiger partial charge in [0.05, 0.1) is 18.5 Å². The molecule has 2 N–H and O–H groups in total. The van der Waals surface area contributed by atoms with Gasteiger partial charge in [0.2, 0.25) is 11.8 Å². The van der Waals surface area contributed by atoms with Crippen molar-refractivity contribution in [1.82, 2.24) is 15.5 Å². The van der Waals surface area contributed by atoms with E-state index < -0.39 is 23.3 Å². The Morgan fingerprint density at radius 3 is 2.43 bits per heavy atom. The van der Waals surface area contributed by atoms with E-state index in [1.165, 1.54) is 35.5 Å². The van der Waals surface area contributed by atoms with E-state index in [2.05, 4.69) is 10.6 Å². The number of thiophene rings is 1. The van der Waals surface area contributed by atoms with Crippen LogP contribution >= 0.6 is 11.3 Å². The monoisotopic (exact) mass is 525 g/mol. The van der Waals surface area contributed by atoms with Crippen LogP contribution in [0.1, 0.15) is 54.0 Å². The highest BCUT2D eigenvalue weighted by molar-refractivity contribution is 7.12. The van der Waals surface area contributed by atoms with Gasteiger partial charge in [-0.25, -0.2) is 4.39 Å². The van der Waals surface area contributed by atoms with Gasteiger partial charge in [-0.1, -0.05) is 37.3 Å². The van der Waals surface area contributed by atoms with Crippen molar-refractivity contribution in [3.63, 3.8) is 0 Å². The largest absolute Gasteiger partial charge is 0.497 e. The topological polar surface area (TPSA) is 87.7 Å². The molecule has 3 rings (SSSR count). The number of hydrogen-bond acceptors (Lipinski definition) is 5. The molecule has 1 heterocycles. The second kappa shape index (κ2) is 12.5. The molecule has 9 heteroatoms. The Balaban J connectivity index is 2.00. The normalized spacial score (nSPS) is 11.9. The third kappa shape index (κ3) is 7.63. The predicted octanol–water partition coefficient (Wildman–Crippen LogP) is 4.70. The van der Waals surface area contributed by atoms with Crippen molar-refractivity contribution in [2.75, 3.05) is 13.7 Å². The summed E-state index contributed by atoms with van der Waals surface area (Å²) >= 11 is 1.27. The fraction of sp³-hybridized carbons (Fsp3) is 0.321. The lowest BCUT2D eigenvalue weighted by Gasteiger charge is -2.35. The number of amides is 3. The Kier molecular flexibility index (Phi) is 9.41. The lowest BCUT2D eigenvalue weighted by atomic mass is 9.98. The first-order chi connectivity index (χ1) is 17.6. The van der Waals surface area contributed by atoms with E-state index in [1.807, 2.05) is 20.8 Å². The minimum atomic E-state index is -1.03. The molecule has 196 valence electrons. The highest BCUT2D eigenvalue weighted by Gasteiger charge is 2.34. The molecule has 37 heavy (non-hydrogen) atoms. The first-order valence-corrected chi connectivity index (χ1v) is 12.8. The summed E-state index contributed by atoms with van der Waals surface area (Å²) in [5.41, 5.74) is 0.658. The second-order valence-corrected chi connectivity index (χ2v) is 10.2. The van der Waals surface area contributed by atoms with E-state index >= 15 is 0 Å². The number of methoxy groups -OCH3 is 1. The average Bonchev–Trinajstić information content (AvgIpc) is 3.43. The van der Waals surface area contributed by atoms with Gasteiger partial charge in [0.25, 0.3) is 5.91 Å². The van der Waals surface area contributed by atoms with Crippen LogP contribution in [0.3, 0.4) is 0 Å². The lowest BCUT2D eigenvalue weighted by Crippen LogP contribution is -2.51. The van der Waals surface area contributed by atoms with E-state index in [-0.39, 0.29) is 24.9 Å². The maximum Gasteiger partial charge on any atom is 0.261 e. The molecular weight excluding hydrogens is 493 g/mol. The van der Waals surface area contributed by atoms with Crippen LogP contribution in [-0.2, 0) is 16.1 Å². The number of nitrogens with zero attached hydrogens (tertiary/aromatic N) is 1. The van der Waals surface area contributed by atoms with Crippen LogP contribution in [-0.4, -0.2) is 41.8 Å². The zero-order valence-electron chi connectivity index (χ0n) is 21.4. The molecule has 0 saturated carbocycles. The zero-order valence-corrected chi connectivity index (χ0v) is 22.2. The summed E-state index contributed by atoms with van der Waals surface area (Å²) in [6, 6.07) is 15.1. The van der Waals surface area contributed by atoms with E-state index in [9.17, 15) is 18.8 Å². The number of ether oxygens (including phenoxy) is 1. The standard InChI is InChI=1S/C28H32FN3O4S/c1-5-28(2,3)31-27(35)25(20-8-6-9-22(16-20)36-4)32(18-19-11-13-21(29)14-12-19)24(33)17-30-26(34)23-10-7-15-37-23/h6-16,25H,5,17-18H2,1-4H3,(H,30,34)(H,31,35). The van der Waals surface area contributed by atoms with Crippen molar-refractivity contribution in [1.29, 1.82) is 0 Å². The molecule has 2 aromatic carbocycles. The Labute approximate surface area is 220 Å². The molecule has 1 aromatic heterocycles. The molecule has 0 radical (unpaired) electrons. The van der Waals surface area contributed by atoms with Gasteiger partial charge < -0.3 is 20.3 Å². The van der Waals surface area contributed by atoms with Crippen molar-refractivity contribution in [2.24, 2.45) is 0 Å². The summed E-state index contributed by atoms with van der Waals surface area (Å²) in [4.78, 5) is 41.7. The molecule has 0 fully saturated rings. The molecular formula is C28H32FN3O4S. The van der Waals surface area contributed by atoms with Crippen LogP contribution in [0.5, 0.6) is 5.75 Å². The Morgan fingerprint density at radius 2 is 1.81 bits per heavy atom. The van der Waals surface area contributed by atoms with Crippen LogP contribution < -0.4 is 15.4 Å². The summed E-state index contributed by atoms with van der Waals surface area (Å²) in [5.74, 6) is -1.09. The Hall–Kier alpha value is -3.72. The van der Waals surface area contributed by atoms with Gasteiger partial charge in [-0.15, -0.1) is 11.3 Å². The minimum absolute atomic E-state index is 0.0236. The SMILES string of the molecule is CCC(C)(C)NC(=O)C(c1cccc(OC)c1)N(Cc1ccc(F)cc1)C(=O)CNC(=O)c1cccs1. The molecule has 0 bridgehead atoms. The average molecular weight is 526 g/mol. The number of carbonyl (C=O) groups excluding carboxylic acids is 3. The smallest absolute Gasteiger partial charge is 0.261 e. The van der Waals surface area contributed by atoms with Crippen LogP contribution in [0.25, 0.3) is 0 Å². The van der Waals surface area contributed by atoms with Gasteiger partial charge >= 0.3 is 0 Å². The van der Waals surface area contributed by atoms with Crippen LogP contribution in [0, 0.1) is 5.82 Å². The maximum absolute atomic E-state index is 13.7. The zero-order chi connectivity index (χ0) is 27.0. The summed E-state index contributed by atoms with van der Waals surface area (Å²) < 4.78 is 18.9. The van der Waals surface area contributed by atoms with E-state index in [0.29, 0.717) is 28.2 Å². The number of rotatable bonds is 11. The van der Waals surface area contributed by atoms with Crippen molar-refractivity contribution in [3.05, 3.63) is 87.9 Å². The van der Waals surface area contributed by atoms with E-state index in [1.54, 1.807) is 53.9 Å². The van der Waals surface area contributed by atoms with E-state index in [0.717, 1.165) is 0 Å². The lowest BCUT2D eigenvalue weighted by molar-refractivity contribution is -0.141. The van der Waals surface area contributed by atoms with Crippen molar-refractivity contribution >= 4 is 29.1 Å². The Bertz CT molecular complexity index is 1210. The number of carbonyl (C=O) groups is 3. The minimum Gasteiger partial charge on any atom is -0.497 e. The number of nitrogens with one attached hydrogen (secondary N) is 2. The van der Waals surface area contributed by atoms with Gasteiger partial charge in [-0.05, 0) is 67.1 Å². The fourth-order valence-electron chi connectivity index (χ4n) is 3.64. The van der Waals surface area contributed by atoms with Gasteiger partial charge in [-0.2, -0.15) is 0 Å². The molecule has 0 aliphatic carbocycles. The molecule has 7 nitrogen and oxygen atoms in total. The molecule has 1 unspecified atom stereocenters. The third-order valence-corrected chi connectivity index (χ3v) is 6.92. The van der Waals surface area contributed by atoms with Crippen molar-refractivity contribution in [2.45, 2.75) is 45.3 Å². The molecule has 0 saturated heterocycles. The van der Waals surface area contributed by atoms with Crippen LogP contribution in [0.15, 0.2) is 66.0 Å². The molecule has 0 aliphatic rings. The van der Waals surface area contributed by atoms with Gasteiger partial charge in [0.15, 0.2) is 0 Å². The third-order valence-electron chi connectivity index (χ3n) is 6.05. The number of halogens is 1. The van der Waals surface area contributed by atoms with Gasteiger partial charge in [0.1, 0.15) is 17.6 Å². The summed E-state index contributed by atoms with van der Waals surface area (Å²) in [6.07, 6.45) is 0.673. The highest BCUT2D eigenvalue weighted by Crippen LogP contribution is 2.28. The predicted molar refractivity (Wildman–Crippen MR) is 142 cm³/mol. The fourth-order valence-corrected chi connectivity index (χ4v) is 4.28. The summed E-state index contributed by atoms with van der Waals surface area (Å²) in [5, 5.41) is 7.47. The Morgan fingerprint density at radius 1 is 1.08 bits per heavy atom. The van der Waals surface area contributed by atoms with E-state index in [4.69, 9.17) is 4.74 Å².